The summed E-state index contributed by atoms with van der Waals surface area (Å²) in [6.45, 7) is 0.541. The molecule has 2 rings (SSSR count). The number of ether oxygens (including phenoxy) is 1. The number of hydrogen-bond acceptors (Lipinski definition) is 2. The van der Waals surface area contributed by atoms with Crippen molar-refractivity contribution in [3.8, 4) is 0 Å². The number of carbonyl (C=O) groups excluding carboxylic acids is 1. The van der Waals surface area contributed by atoms with Crippen molar-refractivity contribution in [1.29, 1.82) is 0 Å². The molecule has 16 heavy (non-hydrogen) atoms. The summed E-state index contributed by atoms with van der Waals surface area (Å²) in [7, 11) is 0. The Morgan fingerprint density at radius 1 is 1.12 bits per heavy atom. The molecule has 2 heteroatoms. The van der Waals surface area contributed by atoms with E-state index >= 15 is 0 Å². The van der Waals surface area contributed by atoms with E-state index in [9.17, 15) is 4.79 Å². The molecular weight excluding hydrogens is 200 g/mol. The molecule has 0 amide bonds. The Labute approximate surface area is 96.6 Å². The van der Waals surface area contributed by atoms with Gasteiger partial charge in [0, 0.05) is 0 Å². The van der Waals surface area contributed by atoms with Gasteiger partial charge in [-0.3, -0.25) is 0 Å². The van der Waals surface area contributed by atoms with Gasteiger partial charge in [0.25, 0.3) is 0 Å². The summed E-state index contributed by atoms with van der Waals surface area (Å²) in [5.74, 6) is 0. The Balaban J connectivity index is 1.94. The van der Waals surface area contributed by atoms with Crippen molar-refractivity contribution in [2.75, 3.05) is 0 Å². The van der Waals surface area contributed by atoms with E-state index in [4.69, 9.17) is 4.74 Å². The average Bonchev–Trinajstić information content (AvgIpc) is 2.39. The van der Waals surface area contributed by atoms with Crippen LogP contribution in [0.2, 0.25) is 0 Å². The third kappa shape index (κ3) is 2.70. The summed E-state index contributed by atoms with van der Waals surface area (Å²) in [6, 6.07) is 10.0. The summed E-state index contributed by atoms with van der Waals surface area (Å²) in [5.41, 5.74) is 0.628. The van der Waals surface area contributed by atoms with Gasteiger partial charge in [0.1, 0.15) is 5.60 Å². The van der Waals surface area contributed by atoms with Crippen LogP contribution in [0, 0.1) is 0 Å². The van der Waals surface area contributed by atoms with Crippen molar-refractivity contribution in [1.82, 2.24) is 0 Å². The van der Waals surface area contributed by atoms with E-state index in [2.05, 4.69) is 0 Å². The largest absolute Gasteiger partial charge is 0.363 e. The van der Waals surface area contributed by atoms with Crippen molar-refractivity contribution in [2.24, 2.45) is 0 Å². The molecule has 0 aliphatic heterocycles. The van der Waals surface area contributed by atoms with E-state index in [0.29, 0.717) is 6.61 Å². The molecule has 0 unspecified atom stereocenters. The molecular formula is C14H18O2. The van der Waals surface area contributed by atoms with E-state index < -0.39 is 5.60 Å². The molecule has 1 aliphatic carbocycles. The lowest BCUT2D eigenvalue weighted by atomic mass is 9.86. The van der Waals surface area contributed by atoms with Crippen LogP contribution in [0.15, 0.2) is 30.3 Å². The molecule has 0 radical (unpaired) electrons. The van der Waals surface area contributed by atoms with Crippen LogP contribution < -0.4 is 0 Å². The zero-order chi connectivity index (χ0) is 11.3. The smallest absolute Gasteiger partial charge is 0.151 e. The zero-order valence-electron chi connectivity index (χ0n) is 9.52. The minimum Gasteiger partial charge on any atom is -0.363 e. The molecule has 0 N–H and O–H groups in total. The number of carbonyl (C=O) groups is 1. The Morgan fingerprint density at radius 2 is 1.81 bits per heavy atom. The van der Waals surface area contributed by atoms with Crippen LogP contribution in [0.3, 0.4) is 0 Å². The SMILES string of the molecule is O=CC1(OCc2ccccc2)CCCCC1. The molecule has 1 aromatic carbocycles. The van der Waals surface area contributed by atoms with Gasteiger partial charge in [0.2, 0.25) is 0 Å². The third-order valence-corrected chi connectivity index (χ3v) is 3.28. The third-order valence-electron chi connectivity index (χ3n) is 3.28. The minimum absolute atomic E-state index is 0.506. The van der Waals surface area contributed by atoms with Crippen LogP contribution in [-0.4, -0.2) is 11.9 Å². The van der Waals surface area contributed by atoms with Crippen molar-refractivity contribution in [2.45, 2.75) is 44.3 Å². The Hall–Kier alpha value is -1.15. The van der Waals surface area contributed by atoms with E-state index in [1.807, 2.05) is 30.3 Å². The molecule has 0 heterocycles. The maximum atomic E-state index is 11.2. The summed E-state index contributed by atoms with van der Waals surface area (Å²) < 4.78 is 5.84. The van der Waals surface area contributed by atoms with Gasteiger partial charge in [0.05, 0.1) is 6.61 Å². The van der Waals surface area contributed by atoms with Crippen LogP contribution in [0.5, 0.6) is 0 Å². The monoisotopic (exact) mass is 218 g/mol. The second kappa shape index (κ2) is 5.26. The molecule has 1 fully saturated rings. The fraction of sp³-hybridized carbons (Fsp3) is 0.500. The van der Waals surface area contributed by atoms with Gasteiger partial charge >= 0.3 is 0 Å². The van der Waals surface area contributed by atoms with Crippen LogP contribution in [-0.2, 0) is 16.1 Å². The highest BCUT2D eigenvalue weighted by Crippen LogP contribution is 2.30. The van der Waals surface area contributed by atoms with Crippen LogP contribution in [0.1, 0.15) is 37.7 Å². The highest BCUT2D eigenvalue weighted by atomic mass is 16.5. The fourth-order valence-electron chi connectivity index (χ4n) is 2.25. The molecule has 1 aliphatic rings. The lowest BCUT2D eigenvalue weighted by Gasteiger charge is -2.32. The van der Waals surface area contributed by atoms with Crippen LogP contribution >= 0.6 is 0 Å². The number of hydrogen-bond donors (Lipinski definition) is 0. The topological polar surface area (TPSA) is 26.3 Å². The van der Waals surface area contributed by atoms with E-state index in [0.717, 1.165) is 37.5 Å². The van der Waals surface area contributed by atoms with Gasteiger partial charge in [-0.25, -0.2) is 0 Å². The van der Waals surface area contributed by atoms with Gasteiger partial charge in [-0.1, -0.05) is 49.6 Å². The first kappa shape index (κ1) is 11.3. The van der Waals surface area contributed by atoms with Gasteiger partial charge in [-0.05, 0) is 18.4 Å². The molecule has 1 saturated carbocycles. The normalized spacial score (nSPS) is 19.2. The lowest BCUT2D eigenvalue weighted by Crippen LogP contribution is -2.36. The fourth-order valence-corrected chi connectivity index (χ4v) is 2.25. The maximum Gasteiger partial charge on any atom is 0.151 e. The number of rotatable bonds is 4. The quantitative estimate of drug-likeness (QED) is 0.726. The average molecular weight is 218 g/mol. The first-order valence-corrected chi connectivity index (χ1v) is 5.99. The maximum absolute atomic E-state index is 11.2. The predicted octanol–water partition coefficient (Wildman–Crippen LogP) is 3.11. The predicted molar refractivity (Wildman–Crippen MR) is 63.1 cm³/mol. The summed E-state index contributed by atoms with van der Waals surface area (Å²) in [5, 5.41) is 0. The van der Waals surface area contributed by atoms with Crippen molar-refractivity contribution >= 4 is 6.29 Å². The number of aldehydes is 1. The van der Waals surface area contributed by atoms with Crippen molar-refractivity contribution in [3.63, 3.8) is 0 Å². The molecule has 0 saturated heterocycles. The van der Waals surface area contributed by atoms with Crippen LogP contribution in [0.4, 0.5) is 0 Å². The summed E-state index contributed by atoms with van der Waals surface area (Å²) in [6.07, 6.45) is 6.20. The summed E-state index contributed by atoms with van der Waals surface area (Å²) >= 11 is 0. The van der Waals surface area contributed by atoms with Crippen molar-refractivity contribution in [3.05, 3.63) is 35.9 Å². The molecule has 0 aromatic heterocycles. The van der Waals surface area contributed by atoms with Crippen molar-refractivity contribution < 1.29 is 9.53 Å². The molecule has 0 atom stereocenters. The lowest BCUT2D eigenvalue weighted by molar-refractivity contribution is -0.138. The molecule has 2 nitrogen and oxygen atoms in total. The Morgan fingerprint density at radius 3 is 2.44 bits per heavy atom. The van der Waals surface area contributed by atoms with Gasteiger partial charge in [-0.15, -0.1) is 0 Å². The van der Waals surface area contributed by atoms with Crippen LogP contribution in [0.25, 0.3) is 0 Å². The standard InChI is InChI=1S/C14H18O2/c15-12-14(9-5-2-6-10-14)16-11-13-7-3-1-4-8-13/h1,3-4,7-8,12H,2,5-6,9-11H2. The van der Waals surface area contributed by atoms with E-state index in [1.165, 1.54) is 6.42 Å². The van der Waals surface area contributed by atoms with Gasteiger partial charge in [0.15, 0.2) is 6.29 Å². The highest BCUT2D eigenvalue weighted by molar-refractivity contribution is 5.62. The van der Waals surface area contributed by atoms with Gasteiger partial charge < -0.3 is 9.53 Å². The number of benzene rings is 1. The minimum atomic E-state index is -0.506. The Bertz CT molecular complexity index is 326. The molecule has 86 valence electrons. The molecule has 0 bridgehead atoms. The highest BCUT2D eigenvalue weighted by Gasteiger charge is 2.32. The van der Waals surface area contributed by atoms with Gasteiger partial charge in [-0.2, -0.15) is 0 Å². The first-order valence-electron chi connectivity index (χ1n) is 5.99. The second-order valence-electron chi connectivity index (χ2n) is 4.52. The zero-order valence-corrected chi connectivity index (χ0v) is 9.52. The second-order valence-corrected chi connectivity index (χ2v) is 4.52. The molecule has 0 spiro atoms. The first-order chi connectivity index (χ1) is 7.85. The van der Waals surface area contributed by atoms with E-state index in [1.54, 1.807) is 0 Å². The molecule has 1 aromatic rings. The van der Waals surface area contributed by atoms with E-state index in [-0.39, 0.29) is 0 Å². The summed E-state index contributed by atoms with van der Waals surface area (Å²) in [4.78, 5) is 11.2. The Kier molecular flexibility index (Phi) is 3.73.